The van der Waals surface area contributed by atoms with Crippen LogP contribution in [-0.4, -0.2) is 46.9 Å². The van der Waals surface area contributed by atoms with Crippen LogP contribution in [0.5, 0.6) is 5.75 Å². The topological polar surface area (TPSA) is 73.6 Å². The lowest BCUT2D eigenvalue weighted by atomic mass is 9.82. The third-order valence-corrected chi connectivity index (χ3v) is 7.55. The molecule has 35 heavy (non-hydrogen) atoms. The first-order valence-electron chi connectivity index (χ1n) is 12.3. The molecule has 6 nitrogen and oxygen atoms in total. The molecule has 1 saturated carbocycles. The van der Waals surface area contributed by atoms with Crippen LogP contribution in [0.15, 0.2) is 59.6 Å². The molecule has 1 heterocycles. The van der Waals surface area contributed by atoms with Gasteiger partial charge in [0.25, 0.3) is 0 Å². The predicted octanol–water partition coefficient (Wildman–Crippen LogP) is 6.25. The van der Waals surface area contributed by atoms with Gasteiger partial charge in [-0.15, -0.1) is 11.8 Å². The van der Waals surface area contributed by atoms with Gasteiger partial charge in [-0.05, 0) is 61.0 Å². The van der Waals surface area contributed by atoms with E-state index < -0.39 is 5.97 Å². The Labute approximate surface area is 211 Å². The van der Waals surface area contributed by atoms with Gasteiger partial charge in [-0.1, -0.05) is 49.4 Å². The van der Waals surface area contributed by atoms with Gasteiger partial charge in [0.1, 0.15) is 23.1 Å². The van der Waals surface area contributed by atoms with E-state index >= 15 is 0 Å². The number of thioether (sulfide) groups is 1. The summed E-state index contributed by atoms with van der Waals surface area (Å²) in [7, 11) is 1.70. The van der Waals surface area contributed by atoms with Crippen molar-refractivity contribution in [2.24, 2.45) is 11.8 Å². The highest BCUT2D eigenvalue weighted by atomic mass is 32.2. The number of hydrogen-bond acceptors (Lipinski definition) is 5. The van der Waals surface area contributed by atoms with Crippen molar-refractivity contribution in [1.29, 1.82) is 0 Å². The van der Waals surface area contributed by atoms with E-state index in [9.17, 15) is 4.79 Å². The second kappa shape index (κ2) is 12.3. The number of carboxylic acids is 1. The number of aromatic nitrogens is 2. The molecular formula is C28H34N2O4S. The SMILES string of the molecule is CCSc1c(-c2cccc(OC)c2)c(-c2ccccc2)nn1C[C@H]1CC[C@@H](COCC(=O)O)CC1. The molecule has 0 bridgehead atoms. The lowest BCUT2D eigenvalue weighted by Crippen LogP contribution is -2.23. The van der Waals surface area contributed by atoms with E-state index in [0.29, 0.717) is 18.4 Å². The maximum absolute atomic E-state index is 10.7. The fraction of sp³-hybridized carbons (Fsp3) is 0.429. The number of ether oxygens (including phenoxy) is 2. The Kier molecular flexibility index (Phi) is 8.88. The van der Waals surface area contributed by atoms with Gasteiger partial charge in [-0.2, -0.15) is 5.10 Å². The molecule has 0 spiro atoms. The van der Waals surface area contributed by atoms with Crippen molar-refractivity contribution in [3.63, 3.8) is 0 Å². The first-order valence-corrected chi connectivity index (χ1v) is 13.3. The number of nitrogens with zero attached hydrogens (tertiary/aromatic N) is 2. The zero-order valence-electron chi connectivity index (χ0n) is 20.5. The fourth-order valence-electron chi connectivity index (χ4n) is 4.83. The quantitative estimate of drug-likeness (QED) is 0.318. The molecule has 7 heteroatoms. The summed E-state index contributed by atoms with van der Waals surface area (Å²) in [6.07, 6.45) is 4.34. The zero-order chi connectivity index (χ0) is 24.6. The third kappa shape index (κ3) is 6.47. The summed E-state index contributed by atoms with van der Waals surface area (Å²) in [5, 5.41) is 15.2. The van der Waals surface area contributed by atoms with Crippen LogP contribution in [0.25, 0.3) is 22.4 Å². The van der Waals surface area contributed by atoms with E-state index in [1.54, 1.807) is 7.11 Å². The highest BCUT2D eigenvalue weighted by Crippen LogP contribution is 2.41. The van der Waals surface area contributed by atoms with Crippen LogP contribution in [0.2, 0.25) is 0 Å². The highest BCUT2D eigenvalue weighted by Gasteiger charge is 2.26. The van der Waals surface area contributed by atoms with Crippen LogP contribution < -0.4 is 4.74 Å². The summed E-state index contributed by atoms with van der Waals surface area (Å²) in [6, 6.07) is 18.6. The lowest BCUT2D eigenvalue weighted by Gasteiger charge is -2.28. The number of rotatable bonds is 11. The molecule has 4 rings (SSSR count). The Morgan fingerprint density at radius 3 is 2.46 bits per heavy atom. The van der Waals surface area contributed by atoms with Crippen molar-refractivity contribution in [2.75, 3.05) is 26.1 Å². The normalized spacial score (nSPS) is 17.9. The van der Waals surface area contributed by atoms with Gasteiger partial charge < -0.3 is 14.6 Å². The van der Waals surface area contributed by atoms with Crippen LogP contribution in [0, 0.1) is 11.8 Å². The maximum atomic E-state index is 10.7. The minimum atomic E-state index is -0.903. The molecule has 0 saturated heterocycles. The zero-order valence-corrected chi connectivity index (χ0v) is 21.3. The monoisotopic (exact) mass is 494 g/mol. The molecular weight excluding hydrogens is 460 g/mol. The van der Waals surface area contributed by atoms with Gasteiger partial charge in [0.15, 0.2) is 0 Å². The van der Waals surface area contributed by atoms with Crippen LogP contribution in [0.1, 0.15) is 32.6 Å². The van der Waals surface area contributed by atoms with Gasteiger partial charge in [0.05, 0.1) is 13.7 Å². The molecule has 0 amide bonds. The number of carboxylic acid groups (broad SMARTS) is 1. The van der Waals surface area contributed by atoms with Crippen molar-refractivity contribution in [3.8, 4) is 28.1 Å². The summed E-state index contributed by atoms with van der Waals surface area (Å²) in [5.41, 5.74) is 4.40. The molecule has 1 aliphatic carbocycles. The van der Waals surface area contributed by atoms with Crippen molar-refractivity contribution in [1.82, 2.24) is 9.78 Å². The van der Waals surface area contributed by atoms with Crippen LogP contribution in [0.4, 0.5) is 0 Å². The molecule has 1 N–H and O–H groups in total. The van der Waals surface area contributed by atoms with Crippen molar-refractivity contribution < 1.29 is 19.4 Å². The summed E-state index contributed by atoms with van der Waals surface area (Å²) >= 11 is 1.84. The number of aliphatic carboxylic acids is 1. The second-order valence-electron chi connectivity index (χ2n) is 9.04. The Balaban J connectivity index is 1.60. The molecule has 0 radical (unpaired) electrons. The standard InChI is InChI=1S/C28H34N2O4S/c1-3-35-28-26(23-10-7-11-24(16-23)33-2)27(22-8-5-4-6-9-22)29-30(28)17-20-12-14-21(15-13-20)18-34-19-25(31)32/h4-11,16,20-21H,3,12-15,17-19H2,1-2H3,(H,31,32)/t20-,21+. The Hall–Kier alpha value is -2.77. The number of hydrogen-bond donors (Lipinski definition) is 1. The molecule has 186 valence electrons. The predicted molar refractivity (Wildman–Crippen MR) is 140 cm³/mol. The molecule has 0 atom stereocenters. The van der Waals surface area contributed by atoms with E-state index in [0.717, 1.165) is 66.1 Å². The van der Waals surface area contributed by atoms with E-state index in [2.05, 4.69) is 48.0 Å². The first-order chi connectivity index (χ1) is 17.1. The Morgan fingerprint density at radius 1 is 1.06 bits per heavy atom. The molecule has 1 aliphatic rings. The largest absolute Gasteiger partial charge is 0.497 e. The summed E-state index contributed by atoms with van der Waals surface area (Å²) in [5.74, 6) is 1.89. The van der Waals surface area contributed by atoms with Gasteiger partial charge in [-0.25, -0.2) is 4.79 Å². The van der Waals surface area contributed by atoms with Crippen molar-refractivity contribution in [2.45, 2.75) is 44.2 Å². The van der Waals surface area contributed by atoms with Gasteiger partial charge in [0, 0.05) is 17.7 Å². The van der Waals surface area contributed by atoms with Crippen LogP contribution in [0.3, 0.4) is 0 Å². The average Bonchev–Trinajstić information content (AvgIpc) is 3.23. The smallest absolute Gasteiger partial charge is 0.329 e. The summed E-state index contributed by atoms with van der Waals surface area (Å²) in [6.45, 7) is 3.40. The van der Waals surface area contributed by atoms with Crippen molar-refractivity contribution in [3.05, 3.63) is 54.6 Å². The lowest BCUT2D eigenvalue weighted by molar-refractivity contribution is -0.142. The maximum Gasteiger partial charge on any atom is 0.329 e. The highest BCUT2D eigenvalue weighted by molar-refractivity contribution is 7.99. The second-order valence-corrected chi connectivity index (χ2v) is 10.3. The molecule has 1 aromatic heterocycles. The van der Waals surface area contributed by atoms with Gasteiger partial charge in [0.2, 0.25) is 0 Å². The number of carbonyl (C=O) groups is 1. The molecule has 3 aromatic rings. The van der Waals surface area contributed by atoms with Gasteiger partial charge >= 0.3 is 5.97 Å². The molecule has 2 aromatic carbocycles. The summed E-state index contributed by atoms with van der Waals surface area (Å²) in [4.78, 5) is 10.7. The van der Waals surface area contributed by atoms with E-state index in [1.165, 1.54) is 5.03 Å². The van der Waals surface area contributed by atoms with Crippen LogP contribution >= 0.6 is 11.8 Å². The Bertz CT molecular complexity index is 1110. The first kappa shape index (κ1) is 25.3. The van der Waals surface area contributed by atoms with E-state index in [4.69, 9.17) is 19.7 Å². The molecule has 1 fully saturated rings. The fourth-order valence-corrected chi connectivity index (χ4v) is 5.73. The average molecular weight is 495 g/mol. The van der Waals surface area contributed by atoms with E-state index in [1.807, 2.05) is 30.0 Å². The molecule has 0 unspecified atom stereocenters. The third-order valence-electron chi connectivity index (χ3n) is 6.57. The minimum Gasteiger partial charge on any atom is -0.497 e. The van der Waals surface area contributed by atoms with Gasteiger partial charge in [-0.3, -0.25) is 4.68 Å². The minimum absolute atomic E-state index is 0.208. The molecule has 0 aliphatic heterocycles. The van der Waals surface area contributed by atoms with Crippen LogP contribution in [-0.2, 0) is 16.1 Å². The Morgan fingerprint density at radius 2 is 1.77 bits per heavy atom. The number of benzene rings is 2. The van der Waals surface area contributed by atoms with Crippen molar-refractivity contribution >= 4 is 17.7 Å². The summed E-state index contributed by atoms with van der Waals surface area (Å²) < 4.78 is 13.1. The van der Waals surface area contributed by atoms with E-state index in [-0.39, 0.29) is 6.61 Å². The number of methoxy groups -OCH3 is 1.